The summed E-state index contributed by atoms with van der Waals surface area (Å²) in [6.45, 7) is 4.59. The lowest BCUT2D eigenvalue weighted by Gasteiger charge is -2.25. The van der Waals surface area contributed by atoms with Crippen LogP contribution in [0.1, 0.15) is 149 Å². The van der Waals surface area contributed by atoms with Crippen LogP contribution in [0.25, 0.3) is 0 Å². The number of quaternary nitrogens is 1. The number of carbonyl (C=O) groups is 3. The molecule has 0 aliphatic heterocycles. The van der Waals surface area contributed by atoms with Gasteiger partial charge in [0.2, 0.25) is 0 Å². The highest BCUT2D eigenvalue weighted by molar-refractivity contribution is 5.71. The molecule has 0 amide bonds. The van der Waals surface area contributed by atoms with Crippen LogP contribution in [0.5, 0.6) is 0 Å². The number of aliphatic carboxylic acids is 1. The van der Waals surface area contributed by atoms with Gasteiger partial charge in [-0.25, -0.2) is 4.79 Å². The fourth-order valence-electron chi connectivity index (χ4n) is 5.62. The largest absolute Gasteiger partial charge is 0.477 e. The van der Waals surface area contributed by atoms with E-state index in [4.69, 9.17) is 18.9 Å². The van der Waals surface area contributed by atoms with Crippen molar-refractivity contribution in [1.29, 1.82) is 0 Å². The van der Waals surface area contributed by atoms with E-state index < -0.39 is 24.3 Å². The van der Waals surface area contributed by atoms with Crippen molar-refractivity contribution in [3.8, 4) is 0 Å². The van der Waals surface area contributed by atoms with Gasteiger partial charge in [-0.1, -0.05) is 149 Å². The maximum atomic E-state index is 12.8. The van der Waals surface area contributed by atoms with Gasteiger partial charge in [0.15, 0.2) is 6.10 Å². The van der Waals surface area contributed by atoms with Crippen LogP contribution in [0.3, 0.4) is 0 Å². The van der Waals surface area contributed by atoms with E-state index in [-0.39, 0.29) is 38.6 Å². The number of hydrogen-bond donors (Lipinski definition) is 1. The monoisotopic (exact) mass is 865 g/mol. The maximum Gasteiger partial charge on any atom is 0.361 e. The Morgan fingerprint density at radius 2 is 0.919 bits per heavy atom. The van der Waals surface area contributed by atoms with Gasteiger partial charge in [0.1, 0.15) is 13.2 Å². The molecule has 0 aromatic carbocycles. The zero-order valence-electron chi connectivity index (χ0n) is 39.5. The molecule has 1 N–H and O–H groups in total. The number of likely N-dealkylation sites (N-methyl/N-ethyl adjacent to an activating group) is 1. The molecule has 0 heterocycles. The van der Waals surface area contributed by atoms with Gasteiger partial charge < -0.3 is 28.5 Å². The van der Waals surface area contributed by atoms with Gasteiger partial charge in [-0.05, 0) is 96.3 Å². The Bertz CT molecular complexity index is 1380. The van der Waals surface area contributed by atoms with Crippen LogP contribution in [0.4, 0.5) is 0 Å². The Labute approximate surface area is 377 Å². The summed E-state index contributed by atoms with van der Waals surface area (Å²) in [6.07, 6.45) is 56.0. The van der Waals surface area contributed by atoms with E-state index in [0.717, 1.165) is 109 Å². The topological polar surface area (TPSA) is 108 Å². The predicted molar refractivity (Wildman–Crippen MR) is 258 cm³/mol. The molecular weight excluding hydrogens is 779 g/mol. The molecule has 0 spiro atoms. The summed E-state index contributed by atoms with van der Waals surface area (Å²) in [7, 11) is 5.92. The van der Waals surface area contributed by atoms with Crippen molar-refractivity contribution in [2.45, 2.75) is 161 Å². The zero-order valence-corrected chi connectivity index (χ0v) is 39.5. The van der Waals surface area contributed by atoms with Crippen molar-refractivity contribution in [2.75, 3.05) is 47.5 Å². The zero-order chi connectivity index (χ0) is 45.6. The first-order valence-corrected chi connectivity index (χ1v) is 23.6. The minimum atomic E-state index is -1.53. The fourth-order valence-corrected chi connectivity index (χ4v) is 5.62. The quantitative estimate of drug-likeness (QED) is 0.0213. The van der Waals surface area contributed by atoms with E-state index in [1.165, 1.54) is 6.42 Å². The van der Waals surface area contributed by atoms with E-state index in [0.29, 0.717) is 17.4 Å². The number of unbranched alkanes of at least 4 members (excludes halogenated alkanes) is 8. The van der Waals surface area contributed by atoms with Crippen LogP contribution in [0, 0.1) is 0 Å². The molecule has 0 bridgehead atoms. The second kappa shape index (κ2) is 43.6. The number of rotatable bonds is 41. The van der Waals surface area contributed by atoms with Crippen molar-refractivity contribution in [3.05, 3.63) is 109 Å². The number of carbonyl (C=O) groups excluding carboxylic acids is 2. The Morgan fingerprint density at radius 1 is 0.500 bits per heavy atom. The molecule has 9 nitrogen and oxygen atoms in total. The molecule has 9 heteroatoms. The van der Waals surface area contributed by atoms with E-state index in [1.807, 2.05) is 21.1 Å². The summed E-state index contributed by atoms with van der Waals surface area (Å²) in [5.41, 5.74) is 0. The van der Waals surface area contributed by atoms with Crippen LogP contribution in [0.15, 0.2) is 109 Å². The van der Waals surface area contributed by atoms with E-state index in [1.54, 1.807) is 0 Å². The van der Waals surface area contributed by atoms with Crippen molar-refractivity contribution in [3.63, 3.8) is 0 Å². The van der Waals surface area contributed by atoms with Crippen LogP contribution in [-0.2, 0) is 33.3 Å². The van der Waals surface area contributed by atoms with E-state index >= 15 is 0 Å². The second-order valence-electron chi connectivity index (χ2n) is 16.3. The molecule has 0 aliphatic rings. The SMILES string of the molecule is CC/C=C\C/C=C\C/C=C\C/C=C\C/C=C\C/C=C\C/C=C\C/C=C\CCCCC(=O)OC(COC(=O)CCCCCCC/C=C\CCC)COC(OCC[N+](C)(C)C)C(=O)O. The molecule has 350 valence electrons. The standard InChI is InChI=1S/C53H85NO8/c1-6-8-10-12-14-16-18-19-20-21-22-23-24-25-26-27-28-29-30-31-32-33-34-36-38-40-42-44-51(56)62-49(48-61-53(52(57)58)59-46-45-54(3,4)5)47-60-50(55)43-41-39-37-35-17-15-13-11-9-7-2/h8,10-11,13-14,16,19-20,22-23,25-26,28-29,31-32,34,36,49,53H,6-7,9,12,15,17-18,21,24,27,30,33,35,37-48H2,1-5H3/p+1/b10-8-,13-11-,16-14-,20-19-,23-22-,26-25-,29-28-,32-31-,36-34-. The van der Waals surface area contributed by atoms with Gasteiger partial charge in [-0.3, -0.25) is 9.59 Å². The van der Waals surface area contributed by atoms with Gasteiger partial charge in [-0.2, -0.15) is 0 Å². The normalized spacial score (nSPS) is 13.9. The molecule has 0 rings (SSSR count). The first-order valence-electron chi connectivity index (χ1n) is 23.6. The van der Waals surface area contributed by atoms with Crippen molar-refractivity contribution >= 4 is 17.9 Å². The van der Waals surface area contributed by atoms with Crippen LogP contribution in [0.2, 0.25) is 0 Å². The highest BCUT2D eigenvalue weighted by atomic mass is 16.7. The molecule has 2 atom stereocenters. The number of hydrogen-bond acceptors (Lipinski definition) is 7. The van der Waals surface area contributed by atoms with Gasteiger partial charge in [0, 0.05) is 12.8 Å². The maximum absolute atomic E-state index is 12.8. The first-order chi connectivity index (χ1) is 30.1. The summed E-state index contributed by atoms with van der Waals surface area (Å²) in [6, 6.07) is 0. The average molecular weight is 865 g/mol. The van der Waals surface area contributed by atoms with E-state index in [9.17, 15) is 19.5 Å². The smallest absolute Gasteiger partial charge is 0.361 e. The molecular formula is C53H86NO8+. The lowest BCUT2D eigenvalue weighted by atomic mass is 10.1. The Morgan fingerprint density at radius 3 is 1.42 bits per heavy atom. The number of nitrogens with zero attached hydrogens (tertiary/aromatic N) is 1. The molecule has 0 aromatic rings. The van der Waals surface area contributed by atoms with Gasteiger partial charge in [0.05, 0.1) is 34.4 Å². The minimum absolute atomic E-state index is 0.171. The molecule has 62 heavy (non-hydrogen) atoms. The first kappa shape index (κ1) is 58.0. The van der Waals surface area contributed by atoms with Crippen LogP contribution < -0.4 is 0 Å². The summed E-state index contributed by atoms with van der Waals surface area (Å²) >= 11 is 0. The Hall–Kier alpha value is -4.05. The molecule has 2 unspecified atom stereocenters. The third-order valence-electron chi connectivity index (χ3n) is 9.24. The molecule has 0 saturated heterocycles. The average Bonchev–Trinajstić information content (AvgIpc) is 3.23. The van der Waals surface area contributed by atoms with Gasteiger partial charge in [0.25, 0.3) is 6.29 Å². The van der Waals surface area contributed by atoms with E-state index in [2.05, 4.69) is 123 Å². The third-order valence-corrected chi connectivity index (χ3v) is 9.24. The van der Waals surface area contributed by atoms with Gasteiger partial charge >= 0.3 is 17.9 Å². The summed E-state index contributed by atoms with van der Waals surface area (Å²) < 4.78 is 22.6. The van der Waals surface area contributed by atoms with Crippen LogP contribution >= 0.6 is 0 Å². The summed E-state index contributed by atoms with van der Waals surface area (Å²) in [4.78, 5) is 37.1. The third kappa shape index (κ3) is 44.0. The Kier molecular flexibility index (Phi) is 40.7. The number of ether oxygens (including phenoxy) is 4. The Balaban J connectivity index is 4.45. The molecule has 0 saturated carbocycles. The van der Waals surface area contributed by atoms with Crippen molar-refractivity contribution in [2.24, 2.45) is 0 Å². The highest BCUT2D eigenvalue weighted by Gasteiger charge is 2.25. The molecule has 0 aromatic heterocycles. The second-order valence-corrected chi connectivity index (χ2v) is 16.3. The molecule has 0 fully saturated rings. The van der Waals surface area contributed by atoms with Crippen LogP contribution in [-0.4, -0.2) is 87.4 Å². The van der Waals surface area contributed by atoms with Crippen molar-refractivity contribution in [1.82, 2.24) is 0 Å². The predicted octanol–water partition coefficient (Wildman–Crippen LogP) is 12.8. The lowest BCUT2D eigenvalue weighted by molar-refractivity contribution is -0.870. The number of carboxylic acids is 1. The minimum Gasteiger partial charge on any atom is -0.477 e. The number of esters is 2. The number of allylic oxidation sites excluding steroid dienone is 18. The van der Waals surface area contributed by atoms with Gasteiger partial charge in [-0.15, -0.1) is 0 Å². The number of carboxylic acid groups (broad SMARTS) is 1. The summed E-state index contributed by atoms with van der Waals surface area (Å²) in [5.74, 6) is -2.10. The molecule has 0 aliphatic carbocycles. The lowest BCUT2D eigenvalue weighted by Crippen LogP contribution is -2.40. The fraction of sp³-hybridized carbons (Fsp3) is 0.604. The highest BCUT2D eigenvalue weighted by Crippen LogP contribution is 2.11. The summed E-state index contributed by atoms with van der Waals surface area (Å²) in [5, 5.41) is 9.63. The van der Waals surface area contributed by atoms with Crippen molar-refractivity contribution < 1.29 is 42.9 Å². The molecule has 0 radical (unpaired) electrons.